The number of likely N-dealkylation sites (N-methyl/N-ethyl adjacent to an activating group) is 1. The molecule has 5 nitrogen and oxygen atoms in total. The van der Waals surface area contributed by atoms with Gasteiger partial charge < -0.3 is 19.9 Å². The first-order valence-electron chi connectivity index (χ1n) is 9.33. The molecule has 140 valence electrons. The van der Waals surface area contributed by atoms with Crippen molar-refractivity contribution in [1.29, 1.82) is 0 Å². The Bertz CT molecular complexity index is 581. The van der Waals surface area contributed by atoms with E-state index in [1.807, 2.05) is 6.07 Å². The molecular formula is C20H32N2O3. The third-order valence-corrected chi connectivity index (χ3v) is 5.62. The number of nitrogens with one attached hydrogen (secondary N) is 1. The molecule has 1 unspecified atom stereocenters. The fourth-order valence-corrected chi connectivity index (χ4v) is 4.44. The Kier molecular flexibility index (Phi) is 5.68. The normalized spacial score (nSPS) is 26.1. The molecule has 25 heavy (non-hydrogen) atoms. The van der Waals surface area contributed by atoms with E-state index < -0.39 is 5.60 Å². The molecule has 2 aliphatic rings. The predicted molar refractivity (Wildman–Crippen MR) is 99.0 cm³/mol. The lowest BCUT2D eigenvalue weighted by Crippen LogP contribution is -2.56. The minimum atomic E-state index is -0.661. The van der Waals surface area contributed by atoms with Gasteiger partial charge in [0.05, 0.1) is 24.9 Å². The number of piperidine rings is 1. The Labute approximate surface area is 151 Å². The van der Waals surface area contributed by atoms with E-state index in [9.17, 15) is 5.11 Å². The van der Waals surface area contributed by atoms with Crippen LogP contribution in [0, 0.1) is 6.92 Å². The summed E-state index contributed by atoms with van der Waals surface area (Å²) in [7, 11) is 3.79. The highest BCUT2D eigenvalue weighted by atomic mass is 16.5. The average molecular weight is 348 g/mol. The first-order valence-corrected chi connectivity index (χ1v) is 9.33. The third-order valence-electron chi connectivity index (χ3n) is 5.62. The second-order valence-electron chi connectivity index (χ2n) is 7.91. The molecule has 1 spiro atoms. The lowest BCUT2D eigenvalue weighted by Gasteiger charge is -2.48. The molecule has 0 bridgehead atoms. The summed E-state index contributed by atoms with van der Waals surface area (Å²) in [5.41, 5.74) is 1.60. The SMILES string of the molecule is COc1ccc(CN(C)CC2(O)CCOC3(CCNCC3)C2)cc1C. The summed E-state index contributed by atoms with van der Waals surface area (Å²) in [5, 5.41) is 14.6. The lowest BCUT2D eigenvalue weighted by atomic mass is 9.77. The van der Waals surface area contributed by atoms with Crippen molar-refractivity contribution in [2.24, 2.45) is 0 Å². The van der Waals surface area contributed by atoms with Crippen LogP contribution in [0.1, 0.15) is 36.8 Å². The van der Waals surface area contributed by atoms with Crippen molar-refractivity contribution in [3.05, 3.63) is 29.3 Å². The second kappa shape index (κ2) is 7.62. The highest BCUT2D eigenvalue weighted by Crippen LogP contribution is 2.38. The molecule has 0 aliphatic carbocycles. The Hall–Kier alpha value is -1.14. The summed E-state index contributed by atoms with van der Waals surface area (Å²) in [6, 6.07) is 6.29. The van der Waals surface area contributed by atoms with Crippen LogP contribution in [0.3, 0.4) is 0 Å². The standard InChI is InChI=1S/C20H32N2O3/c1-16-12-17(4-5-18(16)24-3)13-22(2)15-19(23)8-11-25-20(14-19)6-9-21-10-7-20/h4-5,12,21,23H,6-11,13-15H2,1-3H3. The quantitative estimate of drug-likeness (QED) is 0.853. The smallest absolute Gasteiger partial charge is 0.121 e. The van der Waals surface area contributed by atoms with E-state index in [2.05, 4.69) is 36.3 Å². The summed E-state index contributed by atoms with van der Waals surface area (Å²) >= 11 is 0. The molecular weight excluding hydrogens is 316 g/mol. The van der Waals surface area contributed by atoms with Gasteiger partial charge in [0.1, 0.15) is 5.75 Å². The van der Waals surface area contributed by atoms with E-state index in [4.69, 9.17) is 9.47 Å². The van der Waals surface area contributed by atoms with Crippen LogP contribution >= 0.6 is 0 Å². The van der Waals surface area contributed by atoms with Gasteiger partial charge in [0.25, 0.3) is 0 Å². The zero-order chi connectivity index (χ0) is 17.9. The van der Waals surface area contributed by atoms with Gasteiger partial charge in [-0.1, -0.05) is 12.1 Å². The maximum absolute atomic E-state index is 11.2. The van der Waals surface area contributed by atoms with Crippen molar-refractivity contribution in [2.45, 2.75) is 50.4 Å². The van der Waals surface area contributed by atoms with Crippen molar-refractivity contribution in [2.75, 3.05) is 40.4 Å². The van der Waals surface area contributed by atoms with Crippen LogP contribution in [0.4, 0.5) is 0 Å². The van der Waals surface area contributed by atoms with Gasteiger partial charge in [0.15, 0.2) is 0 Å². The largest absolute Gasteiger partial charge is 0.496 e. The highest BCUT2D eigenvalue weighted by Gasteiger charge is 2.45. The highest BCUT2D eigenvalue weighted by molar-refractivity contribution is 5.36. The molecule has 0 radical (unpaired) electrons. The molecule has 0 amide bonds. The number of nitrogens with zero attached hydrogens (tertiary/aromatic N) is 1. The van der Waals surface area contributed by atoms with Gasteiger partial charge in [-0.25, -0.2) is 0 Å². The van der Waals surface area contributed by atoms with E-state index in [1.165, 1.54) is 5.56 Å². The molecule has 2 fully saturated rings. The number of rotatable bonds is 5. The van der Waals surface area contributed by atoms with Crippen LogP contribution in [-0.4, -0.2) is 61.6 Å². The molecule has 1 atom stereocenters. The third kappa shape index (κ3) is 4.53. The monoisotopic (exact) mass is 348 g/mol. The van der Waals surface area contributed by atoms with Crippen LogP contribution in [0.25, 0.3) is 0 Å². The van der Waals surface area contributed by atoms with E-state index in [-0.39, 0.29) is 5.60 Å². The molecule has 1 aromatic carbocycles. The minimum absolute atomic E-state index is 0.129. The van der Waals surface area contributed by atoms with Crippen molar-refractivity contribution in [3.8, 4) is 5.75 Å². The molecule has 0 aromatic heterocycles. The van der Waals surface area contributed by atoms with Crippen LogP contribution in [0.15, 0.2) is 18.2 Å². The van der Waals surface area contributed by atoms with Crippen LogP contribution < -0.4 is 10.1 Å². The number of aryl methyl sites for hydroxylation is 1. The Morgan fingerprint density at radius 1 is 1.28 bits per heavy atom. The Morgan fingerprint density at radius 2 is 2.04 bits per heavy atom. The molecule has 3 rings (SSSR count). The molecule has 2 heterocycles. The summed E-state index contributed by atoms with van der Waals surface area (Å²) in [4.78, 5) is 2.22. The summed E-state index contributed by atoms with van der Waals surface area (Å²) in [6.07, 6.45) is 3.45. The van der Waals surface area contributed by atoms with Crippen molar-refractivity contribution < 1.29 is 14.6 Å². The molecule has 2 saturated heterocycles. The lowest BCUT2D eigenvalue weighted by molar-refractivity contribution is -0.175. The number of benzene rings is 1. The van der Waals surface area contributed by atoms with Crippen LogP contribution in [0.5, 0.6) is 5.75 Å². The van der Waals surface area contributed by atoms with Crippen LogP contribution in [0.2, 0.25) is 0 Å². The number of ether oxygens (including phenoxy) is 2. The minimum Gasteiger partial charge on any atom is -0.496 e. The maximum atomic E-state index is 11.2. The maximum Gasteiger partial charge on any atom is 0.121 e. The van der Waals surface area contributed by atoms with Crippen LogP contribution in [-0.2, 0) is 11.3 Å². The molecule has 2 N–H and O–H groups in total. The fourth-order valence-electron chi connectivity index (χ4n) is 4.44. The van der Waals surface area contributed by atoms with Gasteiger partial charge in [-0.3, -0.25) is 4.90 Å². The average Bonchev–Trinajstić information content (AvgIpc) is 2.55. The zero-order valence-corrected chi connectivity index (χ0v) is 15.8. The molecule has 2 aliphatic heterocycles. The van der Waals surface area contributed by atoms with Gasteiger partial charge in [-0.15, -0.1) is 0 Å². The first kappa shape index (κ1) is 18.6. The Morgan fingerprint density at radius 3 is 2.72 bits per heavy atom. The number of hydrogen-bond donors (Lipinski definition) is 2. The van der Waals surface area contributed by atoms with E-state index in [0.717, 1.165) is 50.2 Å². The fraction of sp³-hybridized carbons (Fsp3) is 0.700. The summed E-state index contributed by atoms with van der Waals surface area (Å²) < 4.78 is 11.4. The van der Waals surface area contributed by atoms with Gasteiger partial charge in [0, 0.05) is 25.9 Å². The molecule has 5 heteroatoms. The van der Waals surface area contributed by atoms with Crippen molar-refractivity contribution in [1.82, 2.24) is 10.2 Å². The van der Waals surface area contributed by atoms with Gasteiger partial charge in [-0.2, -0.15) is 0 Å². The molecule has 0 saturated carbocycles. The Balaban J connectivity index is 1.61. The van der Waals surface area contributed by atoms with E-state index >= 15 is 0 Å². The van der Waals surface area contributed by atoms with Crippen molar-refractivity contribution >= 4 is 0 Å². The summed E-state index contributed by atoms with van der Waals surface area (Å²) in [5.74, 6) is 0.919. The topological polar surface area (TPSA) is 54.0 Å². The second-order valence-corrected chi connectivity index (χ2v) is 7.91. The van der Waals surface area contributed by atoms with Gasteiger partial charge in [0.2, 0.25) is 0 Å². The number of aliphatic hydroxyl groups is 1. The van der Waals surface area contributed by atoms with Gasteiger partial charge >= 0.3 is 0 Å². The zero-order valence-electron chi connectivity index (χ0n) is 15.8. The molecule has 1 aromatic rings. The number of hydrogen-bond acceptors (Lipinski definition) is 5. The van der Waals surface area contributed by atoms with Gasteiger partial charge in [-0.05, 0) is 57.1 Å². The first-order chi connectivity index (χ1) is 11.9. The summed E-state index contributed by atoms with van der Waals surface area (Å²) in [6.45, 7) is 6.19. The van der Waals surface area contributed by atoms with E-state index in [1.54, 1.807) is 7.11 Å². The van der Waals surface area contributed by atoms with E-state index in [0.29, 0.717) is 19.6 Å². The number of methoxy groups -OCH3 is 1. The predicted octanol–water partition coefficient (Wildman–Crippen LogP) is 2.10. The van der Waals surface area contributed by atoms with Crippen molar-refractivity contribution in [3.63, 3.8) is 0 Å².